The molecule has 6 heteroatoms. The molecule has 1 aliphatic rings. The van der Waals surface area contributed by atoms with Gasteiger partial charge >= 0.3 is 0 Å². The van der Waals surface area contributed by atoms with Gasteiger partial charge in [0, 0.05) is 18.1 Å². The van der Waals surface area contributed by atoms with E-state index in [-0.39, 0.29) is 5.91 Å². The molecular weight excluding hydrogens is 368 g/mol. The average molecular weight is 390 g/mol. The van der Waals surface area contributed by atoms with Gasteiger partial charge in [-0.15, -0.1) is 0 Å². The number of benzene rings is 1. The molecule has 0 aliphatic carbocycles. The van der Waals surface area contributed by atoms with Crippen LogP contribution in [0, 0.1) is 5.92 Å². The summed E-state index contributed by atoms with van der Waals surface area (Å²) < 4.78 is 6.55. The van der Waals surface area contributed by atoms with E-state index < -0.39 is 6.10 Å². The van der Waals surface area contributed by atoms with Crippen molar-refractivity contribution in [3.8, 4) is 5.75 Å². The highest BCUT2D eigenvalue weighted by molar-refractivity contribution is 9.10. The zero-order chi connectivity index (χ0) is 16.1. The monoisotopic (exact) mass is 388 g/mol. The normalized spacial score (nSPS) is 19.8. The van der Waals surface area contributed by atoms with Crippen LogP contribution in [0.2, 0.25) is 5.02 Å². The van der Waals surface area contributed by atoms with Crippen molar-refractivity contribution in [1.82, 2.24) is 10.2 Å². The van der Waals surface area contributed by atoms with Crippen LogP contribution in [0.25, 0.3) is 0 Å². The van der Waals surface area contributed by atoms with Crippen LogP contribution in [-0.2, 0) is 4.79 Å². The Bertz CT molecular complexity index is 525. The lowest BCUT2D eigenvalue weighted by Crippen LogP contribution is -2.47. The molecule has 2 rings (SSSR count). The van der Waals surface area contributed by atoms with E-state index in [0.29, 0.717) is 16.7 Å². The van der Waals surface area contributed by atoms with E-state index in [4.69, 9.17) is 16.3 Å². The van der Waals surface area contributed by atoms with Crippen molar-refractivity contribution in [3.05, 3.63) is 27.7 Å². The lowest BCUT2D eigenvalue weighted by molar-refractivity contribution is -0.139. The van der Waals surface area contributed by atoms with Crippen molar-refractivity contribution in [1.29, 1.82) is 0 Å². The first-order valence-corrected chi connectivity index (χ1v) is 8.73. The predicted octanol–water partition coefficient (Wildman–Crippen LogP) is 3.33. The fraction of sp³-hybridized carbons (Fsp3) is 0.562. The number of amides is 1. The lowest BCUT2D eigenvalue weighted by atomic mass is 9.97. The number of likely N-dealkylation sites (tertiary alicyclic amines) is 1. The molecule has 122 valence electrons. The Hall–Kier alpha value is -0.780. The summed E-state index contributed by atoms with van der Waals surface area (Å²) in [6.45, 7) is 4.36. The maximum Gasteiger partial charge on any atom is 0.263 e. The molecule has 0 radical (unpaired) electrons. The summed E-state index contributed by atoms with van der Waals surface area (Å²) in [5.41, 5.74) is 0. The van der Waals surface area contributed by atoms with Gasteiger partial charge in [0.15, 0.2) is 6.10 Å². The standard InChI is InChI=1S/C16H22BrClN2O2/c1-11(22-15-6-5-13(18)8-14(15)17)16(21)20-7-3-4-12(10-20)9-19-2/h5-6,8,11-12,19H,3-4,7,9-10H2,1-2H3/t11-,12-/m1/s1. The van der Waals surface area contributed by atoms with Crippen LogP contribution in [0.1, 0.15) is 19.8 Å². The third kappa shape index (κ3) is 4.61. The van der Waals surface area contributed by atoms with Gasteiger partial charge in [-0.05, 0) is 73.4 Å². The Balaban J connectivity index is 1.96. The Morgan fingerprint density at radius 1 is 1.59 bits per heavy atom. The first-order chi connectivity index (χ1) is 10.5. The number of nitrogens with one attached hydrogen (secondary N) is 1. The Morgan fingerprint density at radius 2 is 2.36 bits per heavy atom. The first-order valence-electron chi connectivity index (χ1n) is 7.56. The van der Waals surface area contributed by atoms with Gasteiger partial charge in [0.05, 0.1) is 4.47 Å². The van der Waals surface area contributed by atoms with Crippen molar-refractivity contribution in [2.45, 2.75) is 25.9 Å². The average Bonchev–Trinajstić information content (AvgIpc) is 2.50. The molecule has 1 amide bonds. The van der Waals surface area contributed by atoms with Crippen molar-refractivity contribution < 1.29 is 9.53 Å². The Labute approximate surface area is 145 Å². The molecule has 0 aromatic heterocycles. The number of hydrogen-bond acceptors (Lipinski definition) is 3. The fourth-order valence-electron chi connectivity index (χ4n) is 2.79. The molecule has 1 fully saturated rings. The summed E-state index contributed by atoms with van der Waals surface area (Å²) in [7, 11) is 1.95. The fourth-order valence-corrected chi connectivity index (χ4v) is 3.57. The molecule has 1 aromatic rings. The number of hydrogen-bond donors (Lipinski definition) is 1. The van der Waals surface area contributed by atoms with Crippen molar-refractivity contribution >= 4 is 33.4 Å². The highest BCUT2D eigenvalue weighted by atomic mass is 79.9. The highest BCUT2D eigenvalue weighted by Gasteiger charge is 2.27. The first kappa shape index (κ1) is 17.6. The van der Waals surface area contributed by atoms with Gasteiger partial charge in [-0.1, -0.05) is 11.6 Å². The van der Waals surface area contributed by atoms with Crippen molar-refractivity contribution in [2.24, 2.45) is 5.92 Å². The molecule has 0 unspecified atom stereocenters. The van der Waals surface area contributed by atoms with E-state index in [1.807, 2.05) is 11.9 Å². The molecular formula is C16H22BrClN2O2. The van der Waals surface area contributed by atoms with Gasteiger partial charge < -0.3 is 15.0 Å². The highest BCUT2D eigenvalue weighted by Crippen LogP contribution is 2.29. The van der Waals surface area contributed by atoms with E-state index in [0.717, 1.165) is 30.5 Å². The number of halogens is 2. The number of carbonyl (C=O) groups is 1. The molecule has 0 bridgehead atoms. The van der Waals surface area contributed by atoms with Gasteiger partial charge in [-0.25, -0.2) is 0 Å². The Kier molecular flexibility index (Phi) is 6.53. The van der Waals surface area contributed by atoms with Gasteiger partial charge in [0.25, 0.3) is 5.91 Å². The molecule has 2 atom stereocenters. The minimum absolute atomic E-state index is 0.0441. The number of rotatable bonds is 5. The van der Waals surface area contributed by atoms with E-state index in [1.54, 1.807) is 25.1 Å². The van der Waals surface area contributed by atoms with Crippen LogP contribution in [0.4, 0.5) is 0 Å². The van der Waals surface area contributed by atoms with Crippen molar-refractivity contribution in [2.75, 3.05) is 26.7 Å². The number of ether oxygens (including phenoxy) is 1. The SMILES string of the molecule is CNC[C@H]1CCCN(C(=O)[C@@H](C)Oc2ccc(Cl)cc2Br)C1. The van der Waals surface area contributed by atoms with E-state index in [9.17, 15) is 4.79 Å². The minimum Gasteiger partial charge on any atom is -0.480 e. The van der Waals surface area contributed by atoms with Crippen LogP contribution >= 0.6 is 27.5 Å². The largest absolute Gasteiger partial charge is 0.480 e. The molecule has 1 aromatic carbocycles. The predicted molar refractivity (Wildman–Crippen MR) is 92.5 cm³/mol. The molecule has 1 N–H and O–H groups in total. The zero-order valence-electron chi connectivity index (χ0n) is 12.9. The summed E-state index contributed by atoms with van der Waals surface area (Å²) in [4.78, 5) is 14.5. The summed E-state index contributed by atoms with van der Waals surface area (Å²) in [6, 6.07) is 5.29. The maximum absolute atomic E-state index is 12.6. The second-order valence-electron chi connectivity index (χ2n) is 5.69. The van der Waals surface area contributed by atoms with Crippen LogP contribution in [0.15, 0.2) is 22.7 Å². The van der Waals surface area contributed by atoms with Gasteiger partial charge in [0.1, 0.15) is 5.75 Å². The van der Waals surface area contributed by atoms with E-state index >= 15 is 0 Å². The molecule has 0 saturated carbocycles. The molecule has 0 spiro atoms. The molecule has 1 aliphatic heterocycles. The van der Waals surface area contributed by atoms with Crippen LogP contribution in [-0.4, -0.2) is 43.6 Å². The van der Waals surface area contributed by atoms with Crippen LogP contribution in [0.3, 0.4) is 0 Å². The second-order valence-corrected chi connectivity index (χ2v) is 6.98. The number of piperidine rings is 1. The molecule has 1 heterocycles. The zero-order valence-corrected chi connectivity index (χ0v) is 15.3. The Morgan fingerprint density at radius 3 is 3.05 bits per heavy atom. The van der Waals surface area contributed by atoms with E-state index in [1.165, 1.54) is 6.42 Å². The number of carbonyl (C=O) groups excluding carboxylic acids is 1. The van der Waals surface area contributed by atoms with Gasteiger partial charge in [0.2, 0.25) is 0 Å². The van der Waals surface area contributed by atoms with E-state index in [2.05, 4.69) is 21.2 Å². The molecule has 1 saturated heterocycles. The van der Waals surface area contributed by atoms with Crippen LogP contribution < -0.4 is 10.1 Å². The number of nitrogens with zero attached hydrogens (tertiary/aromatic N) is 1. The topological polar surface area (TPSA) is 41.6 Å². The maximum atomic E-state index is 12.6. The molecule has 22 heavy (non-hydrogen) atoms. The smallest absolute Gasteiger partial charge is 0.263 e. The van der Waals surface area contributed by atoms with Crippen LogP contribution in [0.5, 0.6) is 5.75 Å². The lowest BCUT2D eigenvalue weighted by Gasteiger charge is -2.34. The molecule has 4 nitrogen and oxygen atoms in total. The summed E-state index contributed by atoms with van der Waals surface area (Å²) in [5.74, 6) is 1.20. The minimum atomic E-state index is -0.509. The quantitative estimate of drug-likeness (QED) is 0.840. The second kappa shape index (κ2) is 8.18. The summed E-state index contributed by atoms with van der Waals surface area (Å²) >= 11 is 9.33. The summed E-state index contributed by atoms with van der Waals surface area (Å²) in [6.07, 6.45) is 1.71. The van der Waals surface area contributed by atoms with Gasteiger partial charge in [-0.3, -0.25) is 4.79 Å². The van der Waals surface area contributed by atoms with Crippen molar-refractivity contribution in [3.63, 3.8) is 0 Å². The van der Waals surface area contributed by atoms with Gasteiger partial charge in [-0.2, -0.15) is 0 Å². The third-order valence-electron chi connectivity index (χ3n) is 3.87. The third-order valence-corrected chi connectivity index (χ3v) is 4.72. The summed E-state index contributed by atoms with van der Waals surface area (Å²) in [5, 5.41) is 3.82.